The van der Waals surface area contributed by atoms with E-state index in [0.717, 1.165) is 24.8 Å². The molecule has 0 spiro atoms. The van der Waals surface area contributed by atoms with Crippen LogP contribution in [0.4, 0.5) is 5.82 Å². The number of nitrogen functional groups attached to an aromatic ring is 1. The van der Waals surface area contributed by atoms with Crippen LogP contribution in [0.25, 0.3) is 11.3 Å². The van der Waals surface area contributed by atoms with Crippen molar-refractivity contribution in [2.75, 3.05) is 12.3 Å². The van der Waals surface area contributed by atoms with Gasteiger partial charge in [0.2, 0.25) is 0 Å². The van der Waals surface area contributed by atoms with E-state index in [4.69, 9.17) is 5.73 Å². The van der Waals surface area contributed by atoms with Gasteiger partial charge in [-0.05, 0) is 24.8 Å². The van der Waals surface area contributed by atoms with Gasteiger partial charge in [0.25, 0.3) is 5.91 Å². The van der Waals surface area contributed by atoms with E-state index >= 15 is 0 Å². The average Bonchev–Trinajstić information content (AvgIpc) is 2.69. The number of hydrogen-bond acceptors (Lipinski definition) is 4. The van der Waals surface area contributed by atoms with Crippen LogP contribution in [0.5, 0.6) is 0 Å². The lowest BCUT2D eigenvalue weighted by atomic mass is 10.1. The van der Waals surface area contributed by atoms with E-state index in [0.29, 0.717) is 12.2 Å². The Hall–Kier alpha value is -3.21. The first-order valence-electron chi connectivity index (χ1n) is 8.74. The molecule has 0 aliphatic carbocycles. The summed E-state index contributed by atoms with van der Waals surface area (Å²) in [6.45, 7) is 0.586. The highest BCUT2D eigenvalue weighted by molar-refractivity contribution is 5.96. The molecule has 0 atom stereocenters. The molecule has 0 saturated heterocycles. The summed E-state index contributed by atoms with van der Waals surface area (Å²) in [5, 5.41) is 2.88. The van der Waals surface area contributed by atoms with Crippen molar-refractivity contribution in [1.82, 2.24) is 15.3 Å². The molecule has 3 rings (SSSR count). The zero-order valence-electron chi connectivity index (χ0n) is 14.6. The predicted octanol–water partition coefficient (Wildman–Crippen LogP) is 3.48. The molecule has 0 saturated carbocycles. The standard InChI is InChI=1S/C21H22N4O/c22-20-19(25-18(15-24-20)17-12-5-2-6-13-17)21(26)23-14-8-7-11-16-9-3-1-4-10-16/h1-6,9-10,12-13,15H,7-8,11,14H2,(H2,22,24)(H,23,26). The quantitative estimate of drug-likeness (QED) is 0.642. The van der Waals surface area contributed by atoms with Crippen LogP contribution in [0, 0.1) is 0 Å². The van der Waals surface area contributed by atoms with Gasteiger partial charge in [-0.15, -0.1) is 0 Å². The molecule has 132 valence electrons. The van der Waals surface area contributed by atoms with Crippen molar-refractivity contribution in [2.24, 2.45) is 0 Å². The molecule has 5 nitrogen and oxygen atoms in total. The molecular formula is C21H22N4O. The molecule has 0 radical (unpaired) electrons. The van der Waals surface area contributed by atoms with Gasteiger partial charge in [-0.2, -0.15) is 0 Å². The number of aromatic nitrogens is 2. The molecule has 1 aromatic heterocycles. The Morgan fingerprint density at radius 3 is 2.38 bits per heavy atom. The highest BCUT2D eigenvalue weighted by atomic mass is 16.1. The number of nitrogens with zero attached hydrogens (tertiary/aromatic N) is 2. The minimum atomic E-state index is -0.285. The number of nitrogens with two attached hydrogens (primary N) is 1. The molecule has 3 aromatic rings. The summed E-state index contributed by atoms with van der Waals surface area (Å²) < 4.78 is 0. The van der Waals surface area contributed by atoms with E-state index < -0.39 is 0 Å². The average molecular weight is 346 g/mol. The van der Waals surface area contributed by atoms with Crippen LogP contribution >= 0.6 is 0 Å². The summed E-state index contributed by atoms with van der Waals surface area (Å²) in [5.74, 6) is -0.140. The Morgan fingerprint density at radius 2 is 1.65 bits per heavy atom. The molecule has 1 heterocycles. The molecule has 5 heteroatoms. The van der Waals surface area contributed by atoms with Gasteiger partial charge < -0.3 is 11.1 Å². The second-order valence-electron chi connectivity index (χ2n) is 6.05. The van der Waals surface area contributed by atoms with Gasteiger partial charge in [0.1, 0.15) is 0 Å². The second-order valence-corrected chi connectivity index (χ2v) is 6.05. The van der Waals surface area contributed by atoms with Crippen molar-refractivity contribution in [2.45, 2.75) is 19.3 Å². The minimum absolute atomic E-state index is 0.145. The number of hydrogen-bond donors (Lipinski definition) is 2. The van der Waals surface area contributed by atoms with Crippen LogP contribution in [0.1, 0.15) is 28.9 Å². The van der Waals surface area contributed by atoms with Gasteiger partial charge in [0.15, 0.2) is 11.5 Å². The predicted molar refractivity (Wildman–Crippen MR) is 104 cm³/mol. The molecular weight excluding hydrogens is 324 g/mol. The lowest BCUT2D eigenvalue weighted by Crippen LogP contribution is -2.27. The van der Waals surface area contributed by atoms with Gasteiger partial charge >= 0.3 is 0 Å². The molecule has 26 heavy (non-hydrogen) atoms. The zero-order valence-corrected chi connectivity index (χ0v) is 14.6. The third-order valence-electron chi connectivity index (χ3n) is 4.11. The van der Waals surface area contributed by atoms with Gasteiger partial charge in [-0.3, -0.25) is 4.79 Å². The van der Waals surface area contributed by atoms with Crippen molar-refractivity contribution in [3.05, 3.63) is 78.1 Å². The first-order chi connectivity index (χ1) is 12.7. The topological polar surface area (TPSA) is 80.9 Å². The molecule has 0 unspecified atom stereocenters. The van der Waals surface area contributed by atoms with Gasteiger partial charge in [0, 0.05) is 12.1 Å². The first-order valence-corrected chi connectivity index (χ1v) is 8.74. The molecule has 1 amide bonds. The summed E-state index contributed by atoms with van der Waals surface area (Å²) >= 11 is 0. The number of nitrogens with one attached hydrogen (secondary N) is 1. The number of aryl methyl sites for hydroxylation is 1. The minimum Gasteiger partial charge on any atom is -0.382 e. The van der Waals surface area contributed by atoms with E-state index in [1.807, 2.05) is 48.5 Å². The fourth-order valence-electron chi connectivity index (χ4n) is 2.70. The summed E-state index contributed by atoms with van der Waals surface area (Å²) in [5.41, 5.74) is 8.86. The second kappa shape index (κ2) is 8.76. The van der Waals surface area contributed by atoms with Crippen LogP contribution in [-0.4, -0.2) is 22.4 Å². The van der Waals surface area contributed by atoms with Crippen molar-refractivity contribution in [1.29, 1.82) is 0 Å². The molecule has 0 bridgehead atoms. The highest BCUT2D eigenvalue weighted by Crippen LogP contribution is 2.17. The van der Waals surface area contributed by atoms with E-state index in [2.05, 4.69) is 27.4 Å². The van der Waals surface area contributed by atoms with Crippen molar-refractivity contribution < 1.29 is 4.79 Å². The van der Waals surface area contributed by atoms with Gasteiger partial charge in [0.05, 0.1) is 11.9 Å². The normalized spacial score (nSPS) is 10.5. The maximum Gasteiger partial charge on any atom is 0.273 e. The van der Waals surface area contributed by atoms with Crippen molar-refractivity contribution in [3.8, 4) is 11.3 Å². The Bertz CT molecular complexity index is 850. The van der Waals surface area contributed by atoms with E-state index in [1.54, 1.807) is 6.20 Å². The largest absolute Gasteiger partial charge is 0.382 e. The Kier molecular flexibility index (Phi) is 5.93. The molecule has 0 aliphatic rings. The maximum absolute atomic E-state index is 12.4. The van der Waals surface area contributed by atoms with Gasteiger partial charge in [-0.25, -0.2) is 9.97 Å². The van der Waals surface area contributed by atoms with Crippen LogP contribution in [0.3, 0.4) is 0 Å². The fraction of sp³-hybridized carbons (Fsp3) is 0.190. The summed E-state index contributed by atoms with van der Waals surface area (Å²) in [4.78, 5) is 20.9. The monoisotopic (exact) mass is 346 g/mol. The number of rotatable bonds is 7. The Morgan fingerprint density at radius 1 is 0.962 bits per heavy atom. The summed E-state index contributed by atoms with van der Waals surface area (Å²) in [6.07, 6.45) is 4.49. The summed E-state index contributed by atoms with van der Waals surface area (Å²) in [7, 11) is 0. The number of benzene rings is 2. The van der Waals surface area contributed by atoms with Crippen molar-refractivity contribution in [3.63, 3.8) is 0 Å². The van der Waals surface area contributed by atoms with Gasteiger partial charge in [-0.1, -0.05) is 60.7 Å². The number of amides is 1. The number of unbranched alkanes of at least 4 members (excludes halogenated alkanes) is 1. The zero-order chi connectivity index (χ0) is 18.2. The van der Waals surface area contributed by atoms with E-state index in [9.17, 15) is 4.79 Å². The molecule has 0 fully saturated rings. The maximum atomic E-state index is 12.4. The highest BCUT2D eigenvalue weighted by Gasteiger charge is 2.14. The first kappa shape index (κ1) is 17.6. The van der Waals surface area contributed by atoms with Crippen LogP contribution < -0.4 is 11.1 Å². The third kappa shape index (κ3) is 4.66. The molecule has 3 N–H and O–H groups in total. The van der Waals surface area contributed by atoms with Crippen molar-refractivity contribution >= 4 is 11.7 Å². The van der Waals surface area contributed by atoms with Crippen LogP contribution in [0.15, 0.2) is 66.9 Å². The lowest BCUT2D eigenvalue weighted by Gasteiger charge is -2.08. The number of carbonyl (C=O) groups is 1. The van der Waals surface area contributed by atoms with E-state index in [1.165, 1.54) is 5.56 Å². The summed E-state index contributed by atoms with van der Waals surface area (Å²) in [6, 6.07) is 19.9. The number of anilines is 1. The lowest BCUT2D eigenvalue weighted by molar-refractivity contribution is 0.0949. The Balaban J connectivity index is 1.54. The number of carbonyl (C=O) groups excluding carboxylic acids is 1. The van der Waals surface area contributed by atoms with Crippen LogP contribution in [0.2, 0.25) is 0 Å². The third-order valence-corrected chi connectivity index (χ3v) is 4.11. The van der Waals surface area contributed by atoms with Crippen LogP contribution in [-0.2, 0) is 6.42 Å². The smallest absolute Gasteiger partial charge is 0.273 e. The fourth-order valence-corrected chi connectivity index (χ4v) is 2.70. The molecule has 0 aliphatic heterocycles. The molecule has 2 aromatic carbocycles. The van der Waals surface area contributed by atoms with E-state index in [-0.39, 0.29) is 17.4 Å². The Labute approximate surface area is 153 Å². The SMILES string of the molecule is Nc1ncc(-c2ccccc2)nc1C(=O)NCCCCc1ccccc1.